The van der Waals surface area contributed by atoms with Gasteiger partial charge < -0.3 is 4.74 Å². The molecular formula is C18H26N4O3S. The number of rotatable bonds is 6. The van der Waals surface area contributed by atoms with Crippen LogP contribution in [0.2, 0.25) is 0 Å². The number of hydrogen-bond donors (Lipinski definition) is 1. The van der Waals surface area contributed by atoms with Crippen LogP contribution in [0.25, 0.3) is 0 Å². The number of hydrogen-bond acceptors (Lipinski definition) is 5. The highest BCUT2D eigenvalue weighted by molar-refractivity contribution is 7.88. The first-order valence-corrected chi connectivity index (χ1v) is 10.5. The minimum absolute atomic E-state index is 0.232. The van der Waals surface area contributed by atoms with Crippen molar-refractivity contribution in [2.75, 3.05) is 19.9 Å². The van der Waals surface area contributed by atoms with Crippen molar-refractivity contribution >= 4 is 10.0 Å². The van der Waals surface area contributed by atoms with E-state index in [1.807, 2.05) is 10.7 Å². The molecule has 0 spiro atoms. The predicted molar refractivity (Wildman–Crippen MR) is 100 cm³/mol. The molecule has 0 atom stereocenters. The van der Waals surface area contributed by atoms with Gasteiger partial charge in [-0.3, -0.25) is 9.58 Å². The largest absolute Gasteiger partial charge is 0.496 e. The molecule has 0 saturated carbocycles. The monoisotopic (exact) mass is 378 g/mol. The first-order chi connectivity index (χ1) is 12.2. The molecule has 3 rings (SSSR count). The summed E-state index contributed by atoms with van der Waals surface area (Å²) in [5.74, 6) is 0.922. The number of fused-ring (bicyclic) bond motifs is 1. The van der Waals surface area contributed by atoms with Crippen molar-refractivity contribution in [2.45, 2.75) is 40.0 Å². The van der Waals surface area contributed by atoms with Gasteiger partial charge in [-0.15, -0.1) is 0 Å². The summed E-state index contributed by atoms with van der Waals surface area (Å²) in [5.41, 5.74) is 5.54. The highest BCUT2D eigenvalue weighted by Crippen LogP contribution is 2.25. The van der Waals surface area contributed by atoms with Gasteiger partial charge >= 0.3 is 0 Å². The van der Waals surface area contributed by atoms with Gasteiger partial charge in [0, 0.05) is 19.6 Å². The topological polar surface area (TPSA) is 76.5 Å². The van der Waals surface area contributed by atoms with E-state index in [9.17, 15) is 8.42 Å². The fourth-order valence-corrected chi connectivity index (χ4v) is 3.70. The molecule has 2 aromatic rings. The Bertz CT molecular complexity index is 905. The molecule has 0 radical (unpaired) electrons. The molecule has 8 heteroatoms. The number of sulfonamides is 1. The molecule has 0 unspecified atom stereocenters. The minimum atomic E-state index is -3.21. The first-order valence-electron chi connectivity index (χ1n) is 8.62. The third kappa shape index (κ3) is 4.44. The molecule has 1 aliphatic rings. The summed E-state index contributed by atoms with van der Waals surface area (Å²) in [6, 6.07) is 6.27. The van der Waals surface area contributed by atoms with Crippen LogP contribution in [0, 0.1) is 13.8 Å². The van der Waals surface area contributed by atoms with Crippen LogP contribution in [0.3, 0.4) is 0 Å². The van der Waals surface area contributed by atoms with Gasteiger partial charge in [-0.05, 0) is 42.7 Å². The van der Waals surface area contributed by atoms with Gasteiger partial charge in [0.25, 0.3) is 0 Å². The Kier molecular flexibility index (Phi) is 5.36. The van der Waals surface area contributed by atoms with E-state index < -0.39 is 10.0 Å². The summed E-state index contributed by atoms with van der Waals surface area (Å²) in [6.45, 7) is 7.81. The quantitative estimate of drug-likeness (QED) is 0.826. The van der Waals surface area contributed by atoms with Crippen LogP contribution < -0.4 is 9.46 Å². The van der Waals surface area contributed by atoms with Crippen molar-refractivity contribution in [3.63, 3.8) is 0 Å². The van der Waals surface area contributed by atoms with Gasteiger partial charge in [0.1, 0.15) is 5.75 Å². The molecule has 0 saturated heterocycles. The summed E-state index contributed by atoms with van der Waals surface area (Å²) >= 11 is 0. The number of nitrogens with one attached hydrogen (secondary N) is 1. The lowest BCUT2D eigenvalue weighted by molar-refractivity contribution is 0.204. The molecule has 1 aromatic carbocycles. The third-order valence-electron chi connectivity index (χ3n) is 4.69. The van der Waals surface area contributed by atoms with Crippen molar-refractivity contribution in [1.82, 2.24) is 19.4 Å². The van der Waals surface area contributed by atoms with Gasteiger partial charge in [0.2, 0.25) is 10.0 Å². The summed E-state index contributed by atoms with van der Waals surface area (Å²) in [6.07, 6.45) is 1.16. The smallest absolute Gasteiger partial charge is 0.209 e. The molecule has 0 bridgehead atoms. The Morgan fingerprint density at radius 2 is 1.96 bits per heavy atom. The van der Waals surface area contributed by atoms with Crippen LogP contribution in [-0.4, -0.2) is 43.0 Å². The fraction of sp³-hybridized carbons (Fsp3) is 0.500. The molecule has 142 valence electrons. The summed E-state index contributed by atoms with van der Waals surface area (Å²) in [5, 5.41) is 4.50. The molecule has 1 aliphatic heterocycles. The Hall–Kier alpha value is -1.90. The number of methoxy groups -OCH3 is 1. The van der Waals surface area contributed by atoms with Gasteiger partial charge in [-0.1, -0.05) is 6.07 Å². The summed E-state index contributed by atoms with van der Waals surface area (Å²) < 4.78 is 32.4. The lowest BCUT2D eigenvalue weighted by Crippen LogP contribution is -2.33. The van der Waals surface area contributed by atoms with Crippen LogP contribution in [0.4, 0.5) is 0 Å². The molecular weight excluding hydrogens is 352 g/mol. The standard InChI is InChI=1S/C18H26N4O3S/c1-13-8-18(25-3)14(2)7-15(13)11-21-5-6-22-17(12-21)9-16(20-22)10-19-26(4,23)24/h7-9,19H,5-6,10-12H2,1-4H3. The number of aromatic nitrogens is 2. The molecule has 0 fully saturated rings. The number of benzene rings is 1. The maximum atomic E-state index is 11.2. The molecule has 26 heavy (non-hydrogen) atoms. The van der Waals surface area contributed by atoms with E-state index in [4.69, 9.17) is 4.74 Å². The Balaban J connectivity index is 1.69. The maximum Gasteiger partial charge on any atom is 0.209 e. The zero-order valence-electron chi connectivity index (χ0n) is 15.7. The van der Waals surface area contributed by atoms with Crippen molar-refractivity contribution < 1.29 is 13.2 Å². The lowest BCUT2D eigenvalue weighted by atomic mass is 10.0. The van der Waals surface area contributed by atoms with E-state index in [1.165, 1.54) is 11.1 Å². The molecule has 0 amide bonds. The van der Waals surface area contributed by atoms with E-state index in [0.717, 1.165) is 55.1 Å². The Labute approximate surface area is 155 Å². The fourth-order valence-electron chi connectivity index (χ4n) is 3.29. The van der Waals surface area contributed by atoms with Crippen molar-refractivity contribution in [3.8, 4) is 5.75 Å². The zero-order chi connectivity index (χ0) is 18.9. The SMILES string of the molecule is COc1cc(C)c(CN2CCn3nc(CNS(C)(=O)=O)cc3C2)cc1C. The van der Waals surface area contributed by atoms with E-state index in [2.05, 4.69) is 40.7 Å². The lowest BCUT2D eigenvalue weighted by Gasteiger charge is -2.28. The van der Waals surface area contributed by atoms with Crippen LogP contribution in [0.5, 0.6) is 5.75 Å². The van der Waals surface area contributed by atoms with Gasteiger partial charge in [-0.25, -0.2) is 13.1 Å². The Morgan fingerprint density at radius 1 is 1.19 bits per heavy atom. The second-order valence-electron chi connectivity index (χ2n) is 6.90. The normalized spacial score (nSPS) is 15.1. The first kappa shape index (κ1) is 18.9. The Morgan fingerprint density at radius 3 is 2.65 bits per heavy atom. The van der Waals surface area contributed by atoms with Crippen molar-refractivity contribution in [1.29, 1.82) is 0 Å². The molecule has 2 heterocycles. The molecule has 0 aliphatic carbocycles. The van der Waals surface area contributed by atoms with Gasteiger partial charge in [-0.2, -0.15) is 5.10 Å². The highest BCUT2D eigenvalue weighted by atomic mass is 32.2. The molecule has 7 nitrogen and oxygen atoms in total. The highest BCUT2D eigenvalue weighted by Gasteiger charge is 2.19. The molecule has 1 aromatic heterocycles. The zero-order valence-corrected chi connectivity index (χ0v) is 16.6. The molecule has 1 N–H and O–H groups in total. The van der Waals surface area contributed by atoms with E-state index in [0.29, 0.717) is 0 Å². The average Bonchev–Trinajstić information content (AvgIpc) is 2.97. The summed E-state index contributed by atoms with van der Waals surface area (Å²) in [7, 11) is -1.51. The van der Waals surface area contributed by atoms with E-state index in [-0.39, 0.29) is 6.54 Å². The maximum absolute atomic E-state index is 11.2. The van der Waals surface area contributed by atoms with E-state index >= 15 is 0 Å². The number of nitrogens with zero attached hydrogens (tertiary/aromatic N) is 3. The van der Waals surface area contributed by atoms with Crippen LogP contribution >= 0.6 is 0 Å². The summed E-state index contributed by atoms with van der Waals surface area (Å²) in [4.78, 5) is 2.39. The van der Waals surface area contributed by atoms with Crippen LogP contribution in [0.15, 0.2) is 18.2 Å². The third-order valence-corrected chi connectivity index (χ3v) is 5.36. The van der Waals surface area contributed by atoms with E-state index in [1.54, 1.807) is 7.11 Å². The second kappa shape index (κ2) is 7.38. The number of ether oxygens (including phenoxy) is 1. The van der Waals surface area contributed by atoms with Crippen LogP contribution in [-0.2, 0) is 36.2 Å². The van der Waals surface area contributed by atoms with Gasteiger partial charge in [0.15, 0.2) is 0 Å². The predicted octanol–water partition coefficient (Wildman–Crippen LogP) is 1.57. The van der Waals surface area contributed by atoms with Crippen LogP contribution in [0.1, 0.15) is 28.1 Å². The van der Waals surface area contributed by atoms with Crippen molar-refractivity contribution in [2.24, 2.45) is 0 Å². The second-order valence-corrected chi connectivity index (χ2v) is 8.74. The van der Waals surface area contributed by atoms with Gasteiger partial charge in [0.05, 0.1) is 37.8 Å². The minimum Gasteiger partial charge on any atom is -0.496 e. The van der Waals surface area contributed by atoms with Crippen molar-refractivity contribution in [3.05, 3.63) is 46.3 Å². The number of aryl methyl sites for hydroxylation is 2. The average molecular weight is 378 g/mol.